The maximum Gasteiger partial charge on any atom is 0.234 e. The van der Waals surface area contributed by atoms with Crippen molar-refractivity contribution in [3.05, 3.63) is 6.92 Å². The lowest BCUT2D eigenvalue weighted by Gasteiger charge is -2.07. The van der Waals surface area contributed by atoms with Crippen molar-refractivity contribution in [3.63, 3.8) is 0 Å². The van der Waals surface area contributed by atoms with Gasteiger partial charge in [0.1, 0.15) is 0 Å². The maximum absolute atomic E-state index is 9.99. The van der Waals surface area contributed by atoms with E-state index in [1.807, 2.05) is 0 Å². The lowest BCUT2D eigenvalue weighted by Crippen LogP contribution is -2.34. The van der Waals surface area contributed by atoms with Crippen LogP contribution >= 0.6 is 0 Å². The van der Waals surface area contributed by atoms with Crippen LogP contribution in [0.15, 0.2) is 0 Å². The summed E-state index contributed by atoms with van der Waals surface area (Å²) < 4.78 is 0. The Bertz CT molecular complexity index is 70.1. The van der Waals surface area contributed by atoms with Gasteiger partial charge in [-0.1, -0.05) is 0 Å². The van der Waals surface area contributed by atoms with Crippen LogP contribution in [0.5, 0.6) is 0 Å². The molecule has 0 aromatic carbocycles. The molecular formula is C4H9N2O. The fourth-order valence-electron chi connectivity index (χ4n) is 0.249. The third-order valence-corrected chi connectivity index (χ3v) is 0.348. The number of amides is 1. The Morgan fingerprint density at radius 1 is 1.71 bits per heavy atom. The van der Waals surface area contributed by atoms with E-state index in [4.69, 9.17) is 0 Å². The minimum Gasteiger partial charge on any atom is -0.289 e. The summed E-state index contributed by atoms with van der Waals surface area (Å²) in [6.07, 6.45) is 0. The van der Waals surface area contributed by atoms with Crippen molar-refractivity contribution in [2.24, 2.45) is 0 Å². The Kier molecular flexibility index (Phi) is 2.37. The van der Waals surface area contributed by atoms with Crippen molar-refractivity contribution in [1.29, 1.82) is 0 Å². The first-order chi connectivity index (χ1) is 3.13. The van der Waals surface area contributed by atoms with Crippen molar-refractivity contribution >= 4 is 5.91 Å². The highest BCUT2D eigenvalue weighted by Crippen LogP contribution is 1.60. The normalized spacial score (nSPS) is 9.14. The standard InChI is InChI=1S/C4H9N2O/c1-4(7)5-6(2)3/h1H2,2-3H3,(H,5,7). The van der Waals surface area contributed by atoms with Crippen LogP contribution in [0.2, 0.25) is 0 Å². The molecule has 41 valence electrons. The maximum atomic E-state index is 9.99. The van der Waals surface area contributed by atoms with Gasteiger partial charge in [-0.3, -0.25) is 10.2 Å². The fraction of sp³-hybridized carbons (Fsp3) is 0.500. The Morgan fingerprint density at radius 2 is 2.14 bits per heavy atom. The summed E-state index contributed by atoms with van der Waals surface area (Å²) >= 11 is 0. The van der Waals surface area contributed by atoms with Gasteiger partial charge in [-0.2, -0.15) is 0 Å². The number of nitrogens with one attached hydrogen (secondary N) is 1. The number of carbonyl (C=O) groups excluding carboxylic acids is 1. The first-order valence-corrected chi connectivity index (χ1v) is 1.93. The Morgan fingerprint density at radius 3 is 2.14 bits per heavy atom. The second kappa shape index (κ2) is 2.58. The molecule has 0 unspecified atom stereocenters. The summed E-state index contributed by atoms with van der Waals surface area (Å²) in [6, 6.07) is 0. The van der Waals surface area contributed by atoms with E-state index in [2.05, 4.69) is 12.3 Å². The van der Waals surface area contributed by atoms with Crippen LogP contribution in [0.3, 0.4) is 0 Å². The third kappa shape index (κ3) is 5.43. The van der Waals surface area contributed by atoms with Gasteiger partial charge in [0.05, 0.1) is 0 Å². The smallest absolute Gasteiger partial charge is 0.234 e. The molecule has 3 heteroatoms. The van der Waals surface area contributed by atoms with Gasteiger partial charge in [-0.05, 0) is 0 Å². The van der Waals surface area contributed by atoms with Gasteiger partial charge in [0.15, 0.2) is 0 Å². The van der Waals surface area contributed by atoms with E-state index in [1.54, 1.807) is 14.1 Å². The molecule has 0 bridgehead atoms. The van der Waals surface area contributed by atoms with Crippen molar-refractivity contribution in [2.45, 2.75) is 0 Å². The summed E-state index contributed by atoms with van der Waals surface area (Å²) in [4.78, 5) is 9.99. The van der Waals surface area contributed by atoms with Gasteiger partial charge in [0.2, 0.25) is 5.91 Å². The molecule has 0 fully saturated rings. The first kappa shape index (κ1) is 6.43. The predicted molar refractivity (Wildman–Crippen MR) is 27.2 cm³/mol. The summed E-state index contributed by atoms with van der Waals surface area (Å²) in [5.74, 6) is -0.287. The lowest BCUT2D eigenvalue weighted by molar-refractivity contribution is -0.120. The SMILES string of the molecule is [CH2]C(=O)NN(C)C. The van der Waals surface area contributed by atoms with Gasteiger partial charge in [0, 0.05) is 21.0 Å². The van der Waals surface area contributed by atoms with Gasteiger partial charge in [-0.15, -0.1) is 0 Å². The zero-order chi connectivity index (χ0) is 5.86. The Hall–Kier alpha value is -0.570. The monoisotopic (exact) mass is 101 g/mol. The Balaban J connectivity index is 3.13. The minimum atomic E-state index is -0.287. The summed E-state index contributed by atoms with van der Waals surface area (Å²) in [5.41, 5.74) is 2.39. The van der Waals surface area contributed by atoms with Crippen LogP contribution in [0, 0.1) is 6.92 Å². The molecule has 0 aliphatic carbocycles. The average molecular weight is 101 g/mol. The molecule has 7 heavy (non-hydrogen) atoms. The highest BCUT2D eigenvalue weighted by atomic mass is 16.2. The summed E-state index contributed by atoms with van der Waals surface area (Å²) in [5, 5.41) is 1.54. The average Bonchev–Trinajstić information content (AvgIpc) is 1.27. The molecule has 0 saturated carbocycles. The molecule has 0 spiro atoms. The number of rotatable bonds is 1. The Labute approximate surface area is 43.3 Å². The van der Waals surface area contributed by atoms with E-state index in [0.717, 1.165) is 0 Å². The molecule has 0 aliphatic heterocycles. The van der Waals surface area contributed by atoms with E-state index in [9.17, 15) is 4.79 Å². The third-order valence-electron chi connectivity index (χ3n) is 0.348. The highest BCUT2D eigenvalue weighted by Gasteiger charge is 1.87. The molecule has 0 rings (SSSR count). The van der Waals surface area contributed by atoms with E-state index in [1.165, 1.54) is 5.01 Å². The van der Waals surface area contributed by atoms with Gasteiger partial charge < -0.3 is 0 Å². The van der Waals surface area contributed by atoms with Crippen LogP contribution in [0.4, 0.5) is 0 Å². The minimum absolute atomic E-state index is 0.287. The van der Waals surface area contributed by atoms with Crippen molar-refractivity contribution in [1.82, 2.24) is 10.4 Å². The van der Waals surface area contributed by atoms with Gasteiger partial charge in [0.25, 0.3) is 0 Å². The number of hydrazine groups is 1. The van der Waals surface area contributed by atoms with Crippen LogP contribution in [-0.2, 0) is 4.79 Å². The van der Waals surface area contributed by atoms with Crippen LogP contribution < -0.4 is 5.43 Å². The molecule has 0 aromatic rings. The zero-order valence-corrected chi connectivity index (χ0v) is 4.56. The first-order valence-electron chi connectivity index (χ1n) is 1.93. The van der Waals surface area contributed by atoms with E-state index in [0.29, 0.717) is 0 Å². The molecule has 3 nitrogen and oxygen atoms in total. The van der Waals surface area contributed by atoms with Crippen LogP contribution in [0.1, 0.15) is 0 Å². The van der Waals surface area contributed by atoms with Crippen molar-refractivity contribution < 1.29 is 4.79 Å². The van der Waals surface area contributed by atoms with Crippen LogP contribution in [-0.4, -0.2) is 25.0 Å². The largest absolute Gasteiger partial charge is 0.289 e. The molecule has 0 aliphatic rings. The molecule has 0 heterocycles. The van der Waals surface area contributed by atoms with E-state index >= 15 is 0 Å². The fourth-order valence-corrected chi connectivity index (χ4v) is 0.249. The number of carbonyl (C=O) groups is 1. The highest BCUT2D eigenvalue weighted by molar-refractivity contribution is 5.79. The van der Waals surface area contributed by atoms with Crippen molar-refractivity contribution in [3.8, 4) is 0 Å². The zero-order valence-electron chi connectivity index (χ0n) is 4.56. The molecule has 0 aromatic heterocycles. The van der Waals surface area contributed by atoms with Gasteiger partial charge >= 0.3 is 0 Å². The molecule has 0 saturated heterocycles. The topological polar surface area (TPSA) is 32.3 Å². The second-order valence-electron chi connectivity index (χ2n) is 1.43. The molecular weight excluding hydrogens is 92.1 g/mol. The molecule has 1 radical (unpaired) electrons. The van der Waals surface area contributed by atoms with Crippen LogP contribution in [0.25, 0.3) is 0 Å². The van der Waals surface area contributed by atoms with Crippen molar-refractivity contribution in [2.75, 3.05) is 14.1 Å². The molecule has 0 atom stereocenters. The molecule has 1 amide bonds. The van der Waals surface area contributed by atoms with Gasteiger partial charge in [-0.25, -0.2) is 5.01 Å². The number of nitrogens with zero attached hydrogens (tertiary/aromatic N) is 1. The number of hydrogen-bond acceptors (Lipinski definition) is 2. The number of hydrogen-bond donors (Lipinski definition) is 1. The second-order valence-corrected chi connectivity index (χ2v) is 1.43. The van der Waals surface area contributed by atoms with E-state index < -0.39 is 0 Å². The lowest BCUT2D eigenvalue weighted by atomic mass is 10.7. The summed E-state index contributed by atoms with van der Waals surface area (Å²) in [6.45, 7) is 3.09. The van der Waals surface area contributed by atoms with E-state index in [-0.39, 0.29) is 5.91 Å². The predicted octanol–water partition coefficient (Wildman–Crippen LogP) is -0.587. The molecule has 1 N–H and O–H groups in total. The summed E-state index contributed by atoms with van der Waals surface area (Å²) in [7, 11) is 3.45. The quantitative estimate of drug-likeness (QED) is 0.448.